The Morgan fingerprint density at radius 2 is 2.46 bits per heavy atom. The lowest BCUT2D eigenvalue weighted by atomic mass is 10.3. The molecule has 1 aliphatic heterocycles. The van der Waals surface area contributed by atoms with Crippen LogP contribution in [0.15, 0.2) is 5.10 Å². The number of nitrogens with zero attached hydrogens (tertiary/aromatic N) is 4. The fourth-order valence-corrected chi connectivity index (χ4v) is 0.970. The Morgan fingerprint density at radius 3 is 2.92 bits per heavy atom. The van der Waals surface area contributed by atoms with Crippen LogP contribution in [0.2, 0.25) is 0 Å². The number of hydrazone groups is 1. The van der Waals surface area contributed by atoms with Gasteiger partial charge in [-0.15, -0.1) is 0 Å². The van der Waals surface area contributed by atoms with Gasteiger partial charge in [0.15, 0.2) is 11.4 Å². The zero-order valence-electron chi connectivity index (χ0n) is 7.26. The molecule has 0 saturated carbocycles. The molecule has 0 bridgehead atoms. The van der Waals surface area contributed by atoms with Gasteiger partial charge in [-0.25, -0.2) is 15.1 Å². The predicted molar refractivity (Wildman–Crippen MR) is 43.8 cm³/mol. The molecule has 7 heteroatoms. The molecule has 0 saturated heterocycles. The molecule has 1 rings (SSSR count). The van der Waals surface area contributed by atoms with Gasteiger partial charge in [0.1, 0.15) is 0 Å². The van der Waals surface area contributed by atoms with Crippen molar-refractivity contribution in [2.75, 3.05) is 6.54 Å². The molecule has 0 aromatic carbocycles. The molecule has 0 N–H and O–H groups in total. The van der Waals surface area contributed by atoms with E-state index >= 15 is 0 Å². The van der Waals surface area contributed by atoms with Crippen molar-refractivity contribution < 1.29 is 9.42 Å². The normalized spacial score (nSPS) is 21.2. The van der Waals surface area contributed by atoms with E-state index in [0.717, 1.165) is 24.2 Å². The van der Waals surface area contributed by atoms with Crippen LogP contribution in [0.3, 0.4) is 0 Å². The maximum atomic E-state index is 13.1. The summed E-state index contributed by atoms with van der Waals surface area (Å²) in [6.07, 6.45) is 0.794. The van der Waals surface area contributed by atoms with E-state index in [0.29, 0.717) is 11.6 Å². The van der Waals surface area contributed by atoms with Crippen LogP contribution in [0.4, 0.5) is 4.39 Å². The fraction of sp³-hybridized carbons (Fsp3) is 0.833. The van der Waals surface area contributed by atoms with Crippen LogP contribution in [-0.4, -0.2) is 34.4 Å². The molecule has 0 amide bonds. The molecule has 1 atom stereocenters. The lowest BCUT2D eigenvalue weighted by Crippen LogP contribution is -2.39. The predicted octanol–water partition coefficient (Wildman–Crippen LogP) is 0.792. The van der Waals surface area contributed by atoms with Gasteiger partial charge in [0, 0.05) is 6.54 Å². The molecule has 13 heavy (non-hydrogen) atoms. The van der Waals surface area contributed by atoms with E-state index < -0.39 is 11.5 Å². The second-order valence-corrected chi connectivity index (χ2v) is 2.68. The highest BCUT2D eigenvalue weighted by Gasteiger charge is 2.35. The van der Waals surface area contributed by atoms with Crippen LogP contribution in [0.25, 0.3) is 0 Å². The molecule has 0 spiro atoms. The Bertz CT molecular complexity index is 223. The summed E-state index contributed by atoms with van der Waals surface area (Å²) in [4.78, 5) is 10.2. The number of hydrogen-bond acceptors (Lipinski definition) is 4. The summed E-state index contributed by atoms with van der Waals surface area (Å²) < 4.78 is 13.1. The van der Waals surface area contributed by atoms with Crippen molar-refractivity contribution in [3.8, 4) is 0 Å². The first-order valence-electron chi connectivity index (χ1n) is 4.04. The van der Waals surface area contributed by atoms with Crippen LogP contribution in [0, 0.1) is 10.1 Å². The van der Waals surface area contributed by atoms with Crippen LogP contribution >= 0.6 is 0 Å². The van der Waals surface area contributed by atoms with Crippen LogP contribution in [0.1, 0.15) is 19.8 Å². The van der Waals surface area contributed by atoms with E-state index in [1.807, 2.05) is 6.92 Å². The molecule has 1 aliphatic rings. The molecule has 0 aromatic rings. The Kier molecular flexibility index (Phi) is 2.99. The van der Waals surface area contributed by atoms with Crippen molar-refractivity contribution in [2.24, 2.45) is 5.10 Å². The summed E-state index contributed by atoms with van der Waals surface area (Å²) in [6, 6.07) is 0. The third-order valence-electron chi connectivity index (χ3n) is 1.71. The topological polar surface area (TPSA) is 62.0 Å². The number of hydrogen-bond donors (Lipinski definition) is 0. The van der Waals surface area contributed by atoms with Gasteiger partial charge in [0.2, 0.25) is 0 Å². The quantitative estimate of drug-likeness (QED) is 0.373. The van der Waals surface area contributed by atoms with Crippen molar-refractivity contribution in [1.29, 1.82) is 0 Å². The summed E-state index contributed by atoms with van der Waals surface area (Å²) in [6.45, 7) is 2.36. The average Bonchev–Trinajstić information content (AvgIpc) is 2.43. The second kappa shape index (κ2) is 4.01. The lowest BCUT2D eigenvalue weighted by Gasteiger charge is -2.16. The monoisotopic (exact) mass is 190 g/mol. The average molecular weight is 190 g/mol. The van der Waals surface area contributed by atoms with E-state index in [4.69, 9.17) is 0 Å². The third kappa shape index (κ3) is 2.04. The zero-order chi connectivity index (χ0) is 9.84. The van der Waals surface area contributed by atoms with Gasteiger partial charge in [-0.3, -0.25) is 0 Å². The molecular weight excluding hydrogens is 179 g/mol. The van der Waals surface area contributed by atoms with Gasteiger partial charge < -0.3 is 0 Å². The Morgan fingerprint density at radius 1 is 1.77 bits per heavy atom. The molecule has 0 aliphatic carbocycles. The lowest BCUT2D eigenvalue weighted by molar-refractivity contribution is -0.645. The van der Waals surface area contributed by atoms with Gasteiger partial charge in [0.25, 0.3) is 0 Å². The van der Waals surface area contributed by atoms with Gasteiger partial charge >= 0.3 is 6.42 Å². The minimum atomic E-state index is -1.76. The molecule has 1 unspecified atom stereocenters. The first-order chi connectivity index (χ1) is 6.16. The maximum Gasteiger partial charge on any atom is 0.323 e. The number of alkyl halides is 1. The molecule has 0 fully saturated rings. The van der Waals surface area contributed by atoms with Gasteiger partial charge in [-0.2, -0.15) is 9.49 Å². The summed E-state index contributed by atoms with van der Waals surface area (Å²) in [7, 11) is 0. The minimum Gasteiger partial charge on any atom is -0.240 e. The minimum absolute atomic E-state index is 0.343. The van der Waals surface area contributed by atoms with Crippen molar-refractivity contribution in [3.05, 3.63) is 10.1 Å². The van der Waals surface area contributed by atoms with Crippen LogP contribution in [-0.2, 0) is 0 Å². The van der Waals surface area contributed by atoms with E-state index in [1.54, 1.807) is 0 Å². The van der Waals surface area contributed by atoms with Gasteiger partial charge in [-0.05, 0) is 11.4 Å². The molecule has 6 nitrogen and oxygen atoms in total. The second-order valence-electron chi connectivity index (χ2n) is 2.68. The van der Waals surface area contributed by atoms with Crippen LogP contribution < -0.4 is 0 Å². The number of hydrazine groups is 1. The smallest absolute Gasteiger partial charge is 0.240 e. The Labute approximate surface area is 74.7 Å². The zero-order valence-corrected chi connectivity index (χ0v) is 7.26. The summed E-state index contributed by atoms with van der Waals surface area (Å²) in [5, 5.41) is 14.4. The Balaban J connectivity index is 2.46. The number of nitro groups is 1. The van der Waals surface area contributed by atoms with E-state index in [9.17, 15) is 14.5 Å². The van der Waals surface area contributed by atoms with E-state index in [-0.39, 0.29) is 0 Å². The van der Waals surface area contributed by atoms with Gasteiger partial charge in [0.05, 0.1) is 0 Å². The summed E-state index contributed by atoms with van der Waals surface area (Å²) in [5.41, 5.74) is 0. The largest absolute Gasteiger partial charge is 0.323 e. The highest BCUT2D eigenvalue weighted by Crippen LogP contribution is 2.13. The molecule has 1 heterocycles. The first-order valence-corrected chi connectivity index (χ1v) is 4.04. The standard InChI is InChI=1S/C6H11FN4O2/c1-2-3-4-9-6(7)10(5-8-9)11(12)13/h5-6H,2-4H2,1H3. The van der Waals surface area contributed by atoms with Gasteiger partial charge in [-0.1, -0.05) is 13.3 Å². The molecule has 0 aromatic heterocycles. The maximum absolute atomic E-state index is 13.1. The van der Waals surface area contributed by atoms with Crippen molar-refractivity contribution in [1.82, 2.24) is 10.0 Å². The third-order valence-corrected chi connectivity index (χ3v) is 1.71. The number of unbranched alkanes of at least 4 members (excludes halogenated alkanes) is 1. The van der Waals surface area contributed by atoms with Crippen molar-refractivity contribution >= 4 is 6.34 Å². The SMILES string of the molecule is CCCCN1N=CN([N+](=O)[O-])C1F. The van der Waals surface area contributed by atoms with E-state index in [1.165, 1.54) is 0 Å². The van der Waals surface area contributed by atoms with Crippen molar-refractivity contribution in [2.45, 2.75) is 26.2 Å². The number of halogens is 1. The summed E-state index contributed by atoms with van der Waals surface area (Å²) >= 11 is 0. The van der Waals surface area contributed by atoms with Crippen molar-refractivity contribution in [3.63, 3.8) is 0 Å². The highest BCUT2D eigenvalue weighted by molar-refractivity contribution is 5.54. The summed E-state index contributed by atoms with van der Waals surface area (Å²) in [5.74, 6) is 0. The highest BCUT2D eigenvalue weighted by atomic mass is 19.1. The van der Waals surface area contributed by atoms with Crippen LogP contribution in [0.5, 0.6) is 0 Å². The number of rotatable bonds is 4. The first kappa shape index (κ1) is 9.69. The van der Waals surface area contributed by atoms with E-state index in [2.05, 4.69) is 5.10 Å². The fourth-order valence-electron chi connectivity index (χ4n) is 0.970. The molecular formula is C6H11FN4O2. The molecule has 74 valence electrons. The Hall–Kier alpha value is -1.40. The molecule has 0 radical (unpaired) electrons.